The monoisotopic (exact) mass is 298 g/mol. The molecule has 6 heteroatoms. The summed E-state index contributed by atoms with van der Waals surface area (Å²) in [5.41, 5.74) is 1.01. The maximum Gasteiger partial charge on any atom is 0.586 e. The van der Waals surface area contributed by atoms with Crippen LogP contribution >= 0.6 is 0 Å². The zero-order valence-corrected chi connectivity index (χ0v) is 12.1. The Bertz CT molecular complexity index is 504. The average molecular weight is 298 g/mol. The number of fused-ring (bicyclic) bond motifs is 1. The van der Waals surface area contributed by atoms with E-state index >= 15 is 0 Å². The minimum Gasteiger partial charge on any atom is -0.395 e. The molecule has 0 aromatic heterocycles. The van der Waals surface area contributed by atoms with E-state index in [4.69, 9.17) is 0 Å². The Labute approximate surface area is 123 Å². The van der Waals surface area contributed by atoms with Crippen molar-refractivity contribution in [3.63, 3.8) is 0 Å². The molecule has 0 saturated carbocycles. The second-order valence-corrected chi connectivity index (χ2v) is 5.46. The molecule has 0 unspecified atom stereocenters. The third-order valence-corrected chi connectivity index (χ3v) is 3.96. The fourth-order valence-electron chi connectivity index (χ4n) is 3.00. The summed E-state index contributed by atoms with van der Waals surface area (Å²) < 4.78 is 35.2. The first kappa shape index (κ1) is 14.5. The average Bonchev–Trinajstić information content (AvgIpc) is 2.78. The summed E-state index contributed by atoms with van der Waals surface area (Å²) in [5, 5.41) is 3.33. The van der Waals surface area contributed by atoms with E-state index in [0.717, 1.165) is 44.6 Å². The molecular formula is C15H20F2N2O2. The van der Waals surface area contributed by atoms with Gasteiger partial charge in [-0.2, -0.15) is 0 Å². The van der Waals surface area contributed by atoms with E-state index in [1.165, 1.54) is 0 Å². The van der Waals surface area contributed by atoms with Gasteiger partial charge in [-0.05, 0) is 24.1 Å². The van der Waals surface area contributed by atoms with Gasteiger partial charge >= 0.3 is 6.29 Å². The lowest BCUT2D eigenvalue weighted by Crippen LogP contribution is -2.45. The molecule has 21 heavy (non-hydrogen) atoms. The van der Waals surface area contributed by atoms with Crippen LogP contribution in [0.15, 0.2) is 18.2 Å². The van der Waals surface area contributed by atoms with Crippen LogP contribution in [-0.2, 0) is 0 Å². The SMILES string of the molecule is CCC[C@@H](c1ccc2c(c1)OC(F)(F)O2)N1CCNCC1. The number of nitrogens with zero attached hydrogens (tertiary/aromatic N) is 1. The van der Waals surface area contributed by atoms with E-state index in [9.17, 15) is 8.78 Å². The Balaban J connectivity index is 1.83. The standard InChI is InChI=1S/C15H20F2N2O2/c1-2-3-12(19-8-6-18-7-9-19)11-4-5-13-14(10-11)21-15(16,17)20-13/h4-5,10,12,18H,2-3,6-9H2,1H3/t12-/m0/s1. The number of halogens is 2. The van der Waals surface area contributed by atoms with Crippen LogP contribution in [0.1, 0.15) is 31.4 Å². The highest BCUT2D eigenvalue weighted by Crippen LogP contribution is 2.43. The molecule has 0 aliphatic carbocycles. The quantitative estimate of drug-likeness (QED) is 0.927. The third kappa shape index (κ3) is 3.11. The molecule has 0 spiro atoms. The summed E-state index contributed by atoms with van der Waals surface area (Å²) in [6.45, 7) is 5.99. The van der Waals surface area contributed by atoms with Crippen LogP contribution in [0.25, 0.3) is 0 Å². The van der Waals surface area contributed by atoms with Crippen LogP contribution in [0.3, 0.4) is 0 Å². The molecule has 2 heterocycles. The van der Waals surface area contributed by atoms with Gasteiger partial charge in [0.05, 0.1) is 0 Å². The Hall–Kier alpha value is -1.40. The molecule has 116 valence electrons. The molecule has 4 nitrogen and oxygen atoms in total. The summed E-state index contributed by atoms with van der Waals surface area (Å²) in [7, 11) is 0. The first-order valence-corrected chi connectivity index (χ1v) is 7.43. The lowest BCUT2D eigenvalue weighted by molar-refractivity contribution is -0.286. The second kappa shape index (κ2) is 5.77. The number of rotatable bonds is 4. The number of piperazine rings is 1. The zero-order valence-electron chi connectivity index (χ0n) is 12.1. The Morgan fingerprint density at radius 3 is 2.67 bits per heavy atom. The fourth-order valence-corrected chi connectivity index (χ4v) is 3.00. The van der Waals surface area contributed by atoms with E-state index in [0.29, 0.717) is 0 Å². The van der Waals surface area contributed by atoms with Crippen molar-refractivity contribution in [2.45, 2.75) is 32.1 Å². The van der Waals surface area contributed by atoms with Gasteiger partial charge < -0.3 is 14.8 Å². The Kier molecular flexibility index (Phi) is 3.99. The van der Waals surface area contributed by atoms with Crippen LogP contribution in [0.5, 0.6) is 11.5 Å². The van der Waals surface area contributed by atoms with Gasteiger partial charge in [-0.25, -0.2) is 0 Å². The van der Waals surface area contributed by atoms with Gasteiger partial charge in [0.1, 0.15) is 0 Å². The van der Waals surface area contributed by atoms with Crippen molar-refractivity contribution in [2.75, 3.05) is 26.2 Å². The van der Waals surface area contributed by atoms with E-state index < -0.39 is 6.29 Å². The van der Waals surface area contributed by atoms with E-state index in [1.54, 1.807) is 12.1 Å². The molecule has 3 rings (SSSR count). The molecular weight excluding hydrogens is 278 g/mol. The van der Waals surface area contributed by atoms with Crippen LogP contribution in [-0.4, -0.2) is 37.4 Å². The first-order chi connectivity index (χ1) is 10.1. The fraction of sp³-hybridized carbons (Fsp3) is 0.600. The maximum absolute atomic E-state index is 13.1. The predicted octanol–water partition coefficient (Wildman–Crippen LogP) is 2.75. The highest BCUT2D eigenvalue weighted by Gasteiger charge is 2.43. The molecule has 1 atom stereocenters. The maximum atomic E-state index is 13.1. The highest BCUT2D eigenvalue weighted by molar-refractivity contribution is 5.46. The van der Waals surface area contributed by atoms with Crippen LogP contribution in [0, 0.1) is 0 Å². The summed E-state index contributed by atoms with van der Waals surface area (Å²) in [6.07, 6.45) is -1.51. The summed E-state index contributed by atoms with van der Waals surface area (Å²) in [5.74, 6) is 0.244. The van der Waals surface area contributed by atoms with Crippen molar-refractivity contribution in [3.8, 4) is 11.5 Å². The second-order valence-electron chi connectivity index (χ2n) is 5.46. The molecule has 1 aromatic rings. The molecule has 1 saturated heterocycles. The van der Waals surface area contributed by atoms with Crippen LogP contribution in [0.4, 0.5) is 8.78 Å². The van der Waals surface area contributed by atoms with Gasteiger partial charge in [0, 0.05) is 32.2 Å². The van der Waals surface area contributed by atoms with Crippen molar-refractivity contribution >= 4 is 0 Å². The minimum atomic E-state index is -3.55. The normalized spacial score (nSPS) is 22.2. The van der Waals surface area contributed by atoms with Crippen LogP contribution in [0.2, 0.25) is 0 Å². The van der Waals surface area contributed by atoms with Crippen molar-refractivity contribution in [1.82, 2.24) is 10.2 Å². The smallest absolute Gasteiger partial charge is 0.395 e. The number of hydrogen-bond donors (Lipinski definition) is 1. The van der Waals surface area contributed by atoms with E-state index in [-0.39, 0.29) is 17.5 Å². The lowest BCUT2D eigenvalue weighted by Gasteiger charge is -2.35. The molecule has 1 fully saturated rings. The Morgan fingerprint density at radius 1 is 1.24 bits per heavy atom. The summed E-state index contributed by atoms with van der Waals surface area (Å²) in [6, 6.07) is 5.38. The van der Waals surface area contributed by atoms with Crippen molar-refractivity contribution < 1.29 is 18.3 Å². The highest BCUT2D eigenvalue weighted by atomic mass is 19.3. The topological polar surface area (TPSA) is 33.7 Å². The summed E-state index contributed by atoms with van der Waals surface area (Å²) >= 11 is 0. The number of alkyl halides is 2. The van der Waals surface area contributed by atoms with Crippen molar-refractivity contribution in [1.29, 1.82) is 0 Å². The first-order valence-electron chi connectivity index (χ1n) is 7.43. The van der Waals surface area contributed by atoms with Gasteiger partial charge in [0.15, 0.2) is 11.5 Å². The Morgan fingerprint density at radius 2 is 1.95 bits per heavy atom. The molecule has 1 aromatic carbocycles. The van der Waals surface area contributed by atoms with Gasteiger partial charge in [0.25, 0.3) is 0 Å². The van der Waals surface area contributed by atoms with Crippen LogP contribution < -0.4 is 14.8 Å². The van der Waals surface area contributed by atoms with E-state index in [2.05, 4.69) is 26.6 Å². The third-order valence-electron chi connectivity index (χ3n) is 3.96. The number of benzene rings is 1. The van der Waals surface area contributed by atoms with E-state index in [1.807, 2.05) is 6.07 Å². The number of nitrogens with one attached hydrogen (secondary N) is 1. The van der Waals surface area contributed by atoms with Gasteiger partial charge in [-0.1, -0.05) is 19.4 Å². The zero-order chi connectivity index (χ0) is 14.9. The molecule has 1 N–H and O–H groups in total. The molecule has 2 aliphatic rings. The molecule has 0 radical (unpaired) electrons. The van der Waals surface area contributed by atoms with Gasteiger partial charge in [-0.3, -0.25) is 4.90 Å². The number of ether oxygens (including phenoxy) is 2. The van der Waals surface area contributed by atoms with Gasteiger partial charge in [0.2, 0.25) is 0 Å². The molecule has 2 aliphatic heterocycles. The van der Waals surface area contributed by atoms with Crippen molar-refractivity contribution in [3.05, 3.63) is 23.8 Å². The molecule has 0 bridgehead atoms. The number of hydrogen-bond acceptors (Lipinski definition) is 4. The minimum absolute atomic E-state index is 0.110. The predicted molar refractivity (Wildman–Crippen MR) is 74.7 cm³/mol. The summed E-state index contributed by atoms with van der Waals surface area (Å²) in [4.78, 5) is 2.40. The lowest BCUT2D eigenvalue weighted by atomic mass is 9.99. The molecule has 0 amide bonds. The van der Waals surface area contributed by atoms with Crippen molar-refractivity contribution in [2.24, 2.45) is 0 Å². The largest absolute Gasteiger partial charge is 0.586 e. The van der Waals surface area contributed by atoms with Gasteiger partial charge in [-0.15, -0.1) is 8.78 Å².